The quantitative estimate of drug-likeness (QED) is 0.431. The molecule has 1 fully saturated rings. The van der Waals surface area contributed by atoms with Gasteiger partial charge < -0.3 is 14.8 Å². The van der Waals surface area contributed by atoms with Gasteiger partial charge in [0.15, 0.2) is 6.61 Å². The highest BCUT2D eigenvalue weighted by Crippen LogP contribution is 2.27. The number of halogens is 2. The van der Waals surface area contributed by atoms with Crippen molar-refractivity contribution in [1.29, 1.82) is 0 Å². The normalized spacial score (nSPS) is 13.4. The molecule has 0 spiro atoms. The monoisotopic (exact) mass is 515 g/mol. The van der Waals surface area contributed by atoms with Gasteiger partial charge in [-0.25, -0.2) is 9.78 Å². The predicted molar refractivity (Wildman–Crippen MR) is 127 cm³/mol. The fourth-order valence-electron chi connectivity index (χ4n) is 3.46. The lowest BCUT2D eigenvalue weighted by Gasteiger charge is -2.13. The van der Waals surface area contributed by atoms with Crippen LogP contribution in [0, 0.1) is 0 Å². The molecule has 186 valence electrons. The van der Waals surface area contributed by atoms with E-state index in [0.717, 1.165) is 16.7 Å². The molecular formula is C24H19F2N3O6S. The highest BCUT2D eigenvalue weighted by atomic mass is 32.2. The Morgan fingerprint density at radius 2 is 1.86 bits per heavy atom. The molecule has 1 N–H and O–H groups in total. The van der Waals surface area contributed by atoms with Crippen molar-refractivity contribution in [2.75, 3.05) is 25.4 Å². The van der Waals surface area contributed by atoms with Crippen molar-refractivity contribution in [2.45, 2.75) is 6.61 Å². The number of benzene rings is 2. The molecule has 3 aromatic rings. The molecule has 0 radical (unpaired) electrons. The molecule has 0 saturated carbocycles. The fourth-order valence-corrected chi connectivity index (χ4v) is 4.22. The molecule has 0 unspecified atom stereocenters. The lowest BCUT2D eigenvalue weighted by Crippen LogP contribution is -2.38. The minimum absolute atomic E-state index is 0.0163. The number of amides is 3. The second-order valence-electron chi connectivity index (χ2n) is 7.50. The van der Waals surface area contributed by atoms with Gasteiger partial charge in [0.25, 0.3) is 11.1 Å². The van der Waals surface area contributed by atoms with Crippen LogP contribution in [-0.2, 0) is 14.3 Å². The second kappa shape index (κ2) is 11.1. The Morgan fingerprint density at radius 3 is 2.56 bits per heavy atom. The molecule has 9 nitrogen and oxygen atoms in total. The number of rotatable bonds is 9. The number of aromatic nitrogens is 1. The Morgan fingerprint density at radius 1 is 1.11 bits per heavy atom. The Bertz CT molecular complexity index is 1300. The first-order chi connectivity index (χ1) is 17.3. The smallest absolute Gasteiger partial charge is 0.387 e. The molecule has 2 aromatic carbocycles. The van der Waals surface area contributed by atoms with E-state index in [-0.39, 0.29) is 41.3 Å². The minimum Gasteiger partial charge on any atom is -0.452 e. The molecule has 4 rings (SSSR count). The molecule has 1 saturated heterocycles. The lowest BCUT2D eigenvalue weighted by molar-refractivity contribution is -0.126. The summed E-state index contributed by atoms with van der Waals surface area (Å²) in [6, 6.07) is 14.1. The van der Waals surface area contributed by atoms with Gasteiger partial charge in [-0.2, -0.15) is 8.78 Å². The van der Waals surface area contributed by atoms with Crippen LogP contribution in [0.2, 0.25) is 0 Å². The van der Waals surface area contributed by atoms with Crippen LogP contribution in [0.4, 0.5) is 13.6 Å². The molecule has 3 amide bonds. The van der Waals surface area contributed by atoms with Crippen LogP contribution < -0.4 is 10.1 Å². The molecule has 1 aromatic heterocycles. The van der Waals surface area contributed by atoms with Crippen LogP contribution in [0.3, 0.4) is 0 Å². The van der Waals surface area contributed by atoms with Crippen LogP contribution in [-0.4, -0.2) is 65.0 Å². The summed E-state index contributed by atoms with van der Waals surface area (Å²) in [6.07, 6.45) is 0. The van der Waals surface area contributed by atoms with Crippen LogP contribution >= 0.6 is 11.8 Å². The number of pyridine rings is 1. The zero-order valence-corrected chi connectivity index (χ0v) is 19.4. The number of carbonyl (C=O) groups excluding carboxylic acids is 4. The lowest BCUT2D eigenvalue weighted by atomic mass is 10.0. The minimum atomic E-state index is -2.95. The average molecular weight is 515 g/mol. The molecule has 2 heterocycles. The van der Waals surface area contributed by atoms with Gasteiger partial charge in [-0.15, -0.1) is 0 Å². The zero-order chi connectivity index (χ0) is 25.7. The van der Waals surface area contributed by atoms with Crippen molar-refractivity contribution in [2.24, 2.45) is 0 Å². The van der Waals surface area contributed by atoms with Crippen molar-refractivity contribution in [1.82, 2.24) is 15.2 Å². The van der Waals surface area contributed by atoms with Gasteiger partial charge in [-0.1, -0.05) is 30.0 Å². The van der Waals surface area contributed by atoms with Gasteiger partial charge >= 0.3 is 12.6 Å². The predicted octanol–water partition coefficient (Wildman–Crippen LogP) is 3.47. The average Bonchev–Trinajstić information content (AvgIpc) is 3.19. The number of para-hydroxylation sites is 1. The summed E-state index contributed by atoms with van der Waals surface area (Å²) in [5.74, 6) is -1.60. The van der Waals surface area contributed by atoms with Crippen LogP contribution in [0.25, 0.3) is 22.2 Å². The van der Waals surface area contributed by atoms with Gasteiger partial charge in [0.2, 0.25) is 5.91 Å². The van der Waals surface area contributed by atoms with Crippen LogP contribution in [0.15, 0.2) is 54.6 Å². The number of imide groups is 1. The first-order valence-electron chi connectivity index (χ1n) is 10.7. The summed E-state index contributed by atoms with van der Waals surface area (Å²) >= 11 is 0.901. The van der Waals surface area contributed by atoms with E-state index in [1.54, 1.807) is 24.3 Å². The highest BCUT2D eigenvalue weighted by Gasteiger charge is 2.29. The second-order valence-corrected chi connectivity index (χ2v) is 8.43. The molecule has 1 aliphatic heterocycles. The van der Waals surface area contributed by atoms with Gasteiger partial charge in [-0.05, 0) is 36.4 Å². The van der Waals surface area contributed by atoms with Crippen LogP contribution in [0.1, 0.15) is 10.4 Å². The number of hydrogen-bond acceptors (Lipinski definition) is 8. The maximum atomic E-state index is 12.9. The number of thioether (sulfide) groups is 1. The Kier molecular flexibility index (Phi) is 7.74. The van der Waals surface area contributed by atoms with E-state index in [1.165, 1.54) is 30.3 Å². The Balaban J connectivity index is 1.43. The van der Waals surface area contributed by atoms with Crippen molar-refractivity contribution in [3.05, 3.63) is 60.2 Å². The van der Waals surface area contributed by atoms with Crippen molar-refractivity contribution in [3.63, 3.8) is 0 Å². The third-order valence-electron chi connectivity index (χ3n) is 5.14. The van der Waals surface area contributed by atoms with E-state index in [1.807, 2.05) is 0 Å². The number of nitrogens with one attached hydrogen (secondary N) is 1. The molecule has 0 atom stereocenters. The van der Waals surface area contributed by atoms with E-state index >= 15 is 0 Å². The van der Waals surface area contributed by atoms with Gasteiger partial charge in [0.05, 0.1) is 22.5 Å². The number of nitrogens with zero attached hydrogens (tertiary/aromatic N) is 2. The summed E-state index contributed by atoms with van der Waals surface area (Å²) in [4.78, 5) is 53.7. The SMILES string of the molecule is O=C(COC(=O)c1cc(-c2ccc(OC(F)F)cc2)nc2ccccc12)NCCN1C(=O)CSC1=O. The molecular weight excluding hydrogens is 496 g/mol. The van der Waals surface area contributed by atoms with E-state index in [2.05, 4.69) is 15.0 Å². The van der Waals surface area contributed by atoms with E-state index < -0.39 is 25.1 Å². The Hall–Kier alpha value is -4.06. The number of ether oxygens (including phenoxy) is 2. The van der Waals surface area contributed by atoms with Crippen LogP contribution in [0.5, 0.6) is 5.75 Å². The topological polar surface area (TPSA) is 115 Å². The molecule has 1 aliphatic rings. The molecule has 0 aliphatic carbocycles. The summed E-state index contributed by atoms with van der Waals surface area (Å²) < 4.78 is 34.4. The third-order valence-corrected chi connectivity index (χ3v) is 6.00. The maximum absolute atomic E-state index is 12.9. The summed E-state index contributed by atoms with van der Waals surface area (Å²) in [5, 5.41) is 2.65. The van der Waals surface area contributed by atoms with Crippen molar-refractivity contribution in [3.8, 4) is 17.0 Å². The molecule has 0 bridgehead atoms. The largest absolute Gasteiger partial charge is 0.452 e. The summed E-state index contributed by atoms with van der Waals surface area (Å²) in [5.41, 5.74) is 1.61. The maximum Gasteiger partial charge on any atom is 0.387 e. The zero-order valence-electron chi connectivity index (χ0n) is 18.6. The van der Waals surface area contributed by atoms with E-state index in [9.17, 15) is 28.0 Å². The summed E-state index contributed by atoms with van der Waals surface area (Å²) in [6.45, 7) is -3.45. The highest BCUT2D eigenvalue weighted by molar-refractivity contribution is 8.14. The first-order valence-corrected chi connectivity index (χ1v) is 11.7. The van der Waals surface area contributed by atoms with Gasteiger partial charge in [0.1, 0.15) is 5.75 Å². The number of esters is 1. The van der Waals surface area contributed by atoms with Gasteiger partial charge in [0, 0.05) is 24.0 Å². The van der Waals surface area contributed by atoms with E-state index in [0.29, 0.717) is 22.2 Å². The Labute approximate surface area is 207 Å². The fraction of sp³-hybridized carbons (Fsp3) is 0.208. The third kappa shape index (κ3) is 5.95. The standard InChI is InChI=1S/C24H19F2N3O6S/c25-23(26)35-15-7-5-14(6-8-15)19-11-17(16-3-1-2-4-18(16)28-19)22(32)34-12-20(30)27-9-10-29-21(31)13-36-24(29)33/h1-8,11,23H,9-10,12-13H2,(H,27,30). The first kappa shape index (κ1) is 25.0. The number of fused-ring (bicyclic) bond motifs is 1. The van der Waals surface area contributed by atoms with E-state index in [4.69, 9.17) is 4.74 Å². The molecule has 12 heteroatoms. The van der Waals surface area contributed by atoms with Crippen molar-refractivity contribution < 1.29 is 37.4 Å². The number of carbonyl (C=O) groups is 4. The van der Waals surface area contributed by atoms with Gasteiger partial charge in [-0.3, -0.25) is 19.3 Å². The molecule has 36 heavy (non-hydrogen) atoms. The number of hydrogen-bond donors (Lipinski definition) is 1. The van der Waals surface area contributed by atoms with Crippen molar-refractivity contribution >= 4 is 45.7 Å². The number of alkyl halides is 2. The summed E-state index contributed by atoms with van der Waals surface area (Å²) in [7, 11) is 0.